The van der Waals surface area contributed by atoms with Crippen LogP contribution in [0.4, 0.5) is 0 Å². The van der Waals surface area contributed by atoms with Gasteiger partial charge in [-0.15, -0.1) is 0 Å². The number of ketones is 1. The highest BCUT2D eigenvalue weighted by Gasteiger charge is 2.50. The van der Waals surface area contributed by atoms with Crippen LogP contribution < -0.4 is 4.74 Å². The molecule has 1 aromatic rings. The van der Waals surface area contributed by atoms with Crippen molar-refractivity contribution >= 4 is 23.6 Å². The molecule has 148 valence electrons. The third kappa shape index (κ3) is 3.83. The van der Waals surface area contributed by atoms with Crippen molar-refractivity contribution in [2.24, 2.45) is 11.8 Å². The van der Waals surface area contributed by atoms with Crippen LogP contribution in [0.5, 0.6) is 5.75 Å². The third-order valence-electron chi connectivity index (χ3n) is 5.10. The molecule has 0 bridgehead atoms. The first-order valence-corrected chi connectivity index (χ1v) is 9.38. The molecule has 0 saturated carbocycles. The molecule has 1 fully saturated rings. The molecule has 3 atom stereocenters. The zero-order chi connectivity index (χ0) is 20.3. The molecule has 7 nitrogen and oxygen atoms in total. The number of esters is 1. The summed E-state index contributed by atoms with van der Waals surface area (Å²) in [6, 6.07) is 5.46. The summed E-state index contributed by atoms with van der Waals surface area (Å²) < 4.78 is 10.4. The largest absolute Gasteiger partial charge is 0.494 e. The fourth-order valence-corrected chi connectivity index (χ4v) is 3.56. The molecule has 28 heavy (non-hydrogen) atoms. The van der Waals surface area contributed by atoms with Crippen LogP contribution in [0.15, 0.2) is 36.4 Å². The van der Waals surface area contributed by atoms with E-state index in [2.05, 4.69) is 0 Å². The lowest BCUT2D eigenvalue weighted by atomic mass is 9.85. The lowest BCUT2D eigenvalue weighted by molar-refractivity contribution is -0.157. The zero-order valence-corrected chi connectivity index (χ0v) is 15.9. The van der Waals surface area contributed by atoms with Crippen molar-refractivity contribution in [2.75, 3.05) is 13.2 Å². The van der Waals surface area contributed by atoms with E-state index in [9.17, 15) is 19.2 Å². The van der Waals surface area contributed by atoms with Crippen LogP contribution >= 0.6 is 0 Å². The molecule has 1 aliphatic carbocycles. The van der Waals surface area contributed by atoms with Gasteiger partial charge >= 0.3 is 5.97 Å². The molecule has 7 heteroatoms. The number of likely N-dealkylation sites (tertiary alicyclic amines) is 1. The molecule has 2 aliphatic rings. The number of benzene rings is 1. The number of ether oxygens (including phenoxy) is 2. The number of carbonyl (C=O) groups excluding carboxylic acids is 4. The van der Waals surface area contributed by atoms with E-state index in [0.717, 1.165) is 4.90 Å². The number of rotatable bonds is 7. The lowest BCUT2D eigenvalue weighted by Crippen LogP contribution is -2.44. The first kappa shape index (κ1) is 19.8. The quantitative estimate of drug-likeness (QED) is 0.309. The van der Waals surface area contributed by atoms with Gasteiger partial charge in [-0.2, -0.15) is 0 Å². The number of hydrogen-bond acceptors (Lipinski definition) is 6. The minimum atomic E-state index is -1.06. The Morgan fingerprint density at radius 1 is 1.07 bits per heavy atom. The highest BCUT2D eigenvalue weighted by Crippen LogP contribution is 2.36. The maximum Gasteiger partial charge on any atom is 0.329 e. The van der Waals surface area contributed by atoms with Crippen molar-refractivity contribution in [3.05, 3.63) is 42.0 Å². The van der Waals surface area contributed by atoms with E-state index in [1.54, 1.807) is 24.3 Å². The van der Waals surface area contributed by atoms with Gasteiger partial charge in [0, 0.05) is 5.56 Å². The first-order chi connectivity index (χ1) is 13.4. The van der Waals surface area contributed by atoms with Crippen molar-refractivity contribution in [3.8, 4) is 5.75 Å². The number of fused-ring (bicyclic) bond motifs is 1. The molecule has 2 amide bonds. The molecular weight excluding hydrogens is 362 g/mol. The monoisotopic (exact) mass is 385 g/mol. The molecule has 0 radical (unpaired) electrons. The lowest BCUT2D eigenvalue weighted by Gasteiger charge is -2.21. The molecule has 1 aromatic carbocycles. The first-order valence-electron chi connectivity index (χ1n) is 9.38. The summed E-state index contributed by atoms with van der Waals surface area (Å²) in [5, 5.41) is 0. The van der Waals surface area contributed by atoms with E-state index >= 15 is 0 Å². The Morgan fingerprint density at radius 3 is 2.18 bits per heavy atom. The van der Waals surface area contributed by atoms with Gasteiger partial charge in [-0.1, -0.05) is 12.2 Å². The summed E-state index contributed by atoms with van der Waals surface area (Å²) >= 11 is 0. The van der Waals surface area contributed by atoms with Crippen molar-refractivity contribution in [1.29, 1.82) is 0 Å². The van der Waals surface area contributed by atoms with E-state index in [1.165, 1.54) is 6.92 Å². The average Bonchev–Trinajstić information content (AvgIpc) is 2.97. The maximum absolute atomic E-state index is 12.5. The molecule has 1 heterocycles. The van der Waals surface area contributed by atoms with Crippen LogP contribution in [0.1, 0.15) is 37.0 Å². The zero-order valence-electron chi connectivity index (χ0n) is 15.9. The molecule has 0 N–H and O–H groups in total. The Labute approximate surface area is 163 Å². The van der Waals surface area contributed by atoms with Gasteiger partial charge in [0.25, 0.3) is 0 Å². The summed E-state index contributed by atoms with van der Waals surface area (Å²) in [7, 11) is 0. The van der Waals surface area contributed by atoms with E-state index in [1.807, 2.05) is 19.1 Å². The third-order valence-corrected chi connectivity index (χ3v) is 5.10. The summed E-state index contributed by atoms with van der Waals surface area (Å²) in [4.78, 5) is 50.6. The smallest absolute Gasteiger partial charge is 0.329 e. The molecule has 1 aliphatic heterocycles. The van der Waals surface area contributed by atoms with Gasteiger partial charge in [-0.3, -0.25) is 19.3 Å². The number of imide groups is 1. The fourth-order valence-electron chi connectivity index (χ4n) is 3.56. The van der Waals surface area contributed by atoms with E-state index in [-0.39, 0.29) is 17.6 Å². The Balaban J connectivity index is 1.57. The van der Waals surface area contributed by atoms with Gasteiger partial charge in [0.05, 0.1) is 18.4 Å². The van der Waals surface area contributed by atoms with Gasteiger partial charge in [-0.25, -0.2) is 4.79 Å². The topological polar surface area (TPSA) is 90.0 Å². The van der Waals surface area contributed by atoms with Crippen molar-refractivity contribution < 1.29 is 28.7 Å². The molecule has 0 unspecified atom stereocenters. The summed E-state index contributed by atoms with van der Waals surface area (Å²) in [5.41, 5.74) is 0.384. The highest BCUT2D eigenvalue weighted by atomic mass is 16.5. The van der Waals surface area contributed by atoms with E-state index < -0.39 is 30.5 Å². The van der Waals surface area contributed by atoms with Gasteiger partial charge in [-0.05, 0) is 51.0 Å². The number of carbonyl (C=O) groups is 4. The normalized spacial score (nSPS) is 22.0. The van der Waals surface area contributed by atoms with Gasteiger partial charge in [0.2, 0.25) is 11.8 Å². The number of Topliss-reactive ketones (excluding diaryl/α,β-unsaturated/α-hetero) is 1. The maximum atomic E-state index is 12.5. The minimum absolute atomic E-state index is 0.346. The van der Waals surface area contributed by atoms with Crippen LogP contribution in [0.25, 0.3) is 0 Å². The van der Waals surface area contributed by atoms with Crippen molar-refractivity contribution in [2.45, 2.75) is 32.7 Å². The Bertz CT molecular complexity index is 787. The molecule has 0 aromatic heterocycles. The molecular formula is C21H23NO6. The molecule has 0 spiro atoms. The Morgan fingerprint density at radius 2 is 1.64 bits per heavy atom. The summed E-state index contributed by atoms with van der Waals surface area (Å²) in [6.07, 6.45) is 4.77. The Kier molecular flexibility index (Phi) is 5.92. The second-order valence-electron chi connectivity index (χ2n) is 6.87. The van der Waals surface area contributed by atoms with Crippen LogP contribution in [0.3, 0.4) is 0 Å². The van der Waals surface area contributed by atoms with Gasteiger partial charge in [0.1, 0.15) is 11.8 Å². The van der Waals surface area contributed by atoms with Crippen molar-refractivity contribution in [1.82, 2.24) is 4.90 Å². The fraction of sp³-hybridized carbons (Fsp3) is 0.429. The van der Waals surface area contributed by atoms with E-state index in [4.69, 9.17) is 9.47 Å². The molecule has 1 saturated heterocycles. The van der Waals surface area contributed by atoms with Gasteiger partial charge in [0.15, 0.2) is 12.4 Å². The number of allylic oxidation sites excluding steroid dienone is 2. The van der Waals surface area contributed by atoms with Crippen molar-refractivity contribution in [3.63, 3.8) is 0 Å². The van der Waals surface area contributed by atoms with E-state index in [0.29, 0.717) is 30.8 Å². The van der Waals surface area contributed by atoms with Crippen LogP contribution in [0, 0.1) is 11.8 Å². The Hall–Kier alpha value is -2.96. The van der Waals surface area contributed by atoms with Crippen LogP contribution in [-0.2, 0) is 19.1 Å². The second-order valence-corrected chi connectivity index (χ2v) is 6.87. The predicted molar refractivity (Wildman–Crippen MR) is 99.6 cm³/mol. The van der Waals surface area contributed by atoms with Crippen LogP contribution in [-0.4, -0.2) is 47.7 Å². The number of amides is 2. The summed E-state index contributed by atoms with van der Waals surface area (Å²) in [6.45, 7) is 3.38. The standard InChI is InChI=1S/C21H23NO6/c1-3-27-15-10-8-14(9-11-15)18(23)12-28-21(26)13(2)22-19(24)16-6-4-5-7-17(16)20(22)25/h4-5,8-11,13,16-17H,3,6-7,12H2,1-2H3/t13-,16-,17-/m0/s1. The minimum Gasteiger partial charge on any atom is -0.494 e. The summed E-state index contributed by atoms with van der Waals surface area (Å²) in [5.74, 6) is -2.00. The predicted octanol–water partition coefficient (Wildman–Crippen LogP) is 2.15. The number of hydrogen-bond donors (Lipinski definition) is 0. The van der Waals surface area contributed by atoms with Gasteiger partial charge < -0.3 is 9.47 Å². The average molecular weight is 385 g/mol. The molecule has 3 rings (SSSR count). The second kappa shape index (κ2) is 8.37. The SMILES string of the molecule is CCOc1ccc(C(=O)COC(=O)[C@H](C)N2C(=O)[C@H]3CC=CC[C@@H]3C2=O)cc1. The van der Waals surface area contributed by atoms with Crippen LogP contribution in [0.2, 0.25) is 0 Å². The highest BCUT2D eigenvalue weighted by molar-refractivity contribution is 6.08. The number of nitrogens with zero attached hydrogens (tertiary/aromatic N) is 1.